The van der Waals surface area contributed by atoms with Gasteiger partial charge in [-0.15, -0.1) is 0 Å². The monoisotopic (exact) mass is 749 g/mol. The first-order valence-corrected chi connectivity index (χ1v) is 22.4. The van der Waals surface area contributed by atoms with Crippen molar-refractivity contribution in [3.8, 4) is 0 Å². The number of aliphatic hydroxyl groups is 3. The van der Waals surface area contributed by atoms with E-state index in [0.29, 0.717) is 67.4 Å². The molecule has 54 heavy (non-hydrogen) atoms. The van der Waals surface area contributed by atoms with Crippen molar-refractivity contribution in [1.82, 2.24) is 10.6 Å². The Labute approximate surface area is 330 Å². The van der Waals surface area contributed by atoms with Gasteiger partial charge in [0.15, 0.2) is 0 Å². The molecule has 0 aliphatic heterocycles. The van der Waals surface area contributed by atoms with Gasteiger partial charge >= 0.3 is 0 Å². The highest BCUT2D eigenvalue weighted by molar-refractivity contribution is 5.75. The number of rotatable bonds is 22. The van der Waals surface area contributed by atoms with Crippen molar-refractivity contribution in [2.45, 2.75) is 169 Å². The van der Waals surface area contributed by atoms with E-state index in [0.717, 1.165) is 77.0 Å². The Morgan fingerprint density at radius 1 is 0.759 bits per heavy atom. The maximum Gasteiger partial charge on any atom is 0.220 e. The Kier molecular flexibility index (Phi) is 18.8. The summed E-state index contributed by atoms with van der Waals surface area (Å²) in [6.45, 7) is 12.9. The van der Waals surface area contributed by atoms with Gasteiger partial charge in [-0.25, -0.2) is 0 Å². The van der Waals surface area contributed by atoms with Gasteiger partial charge in [0.05, 0.1) is 12.2 Å². The van der Waals surface area contributed by atoms with E-state index >= 15 is 0 Å². The van der Waals surface area contributed by atoms with E-state index in [-0.39, 0.29) is 28.9 Å². The molecule has 0 aromatic carbocycles. The minimum Gasteiger partial charge on any atom is -0.393 e. The van der Waals surface area contributed by atoms with Crippen LogP contribution in [0.4, 0.5) is 0 Å². The molecule has 6 nitrogen and oxygen atoms in total. The molecule has 12 atom stereocenters. The van der Waals surface area contributed by atoms with Crippen molar-refractivity contribution >= 4 is 5.91 Å². The quantitative estimate of drug-likeness (QED) is 0.0431. The SMILES string of the molecule is CCC=CCC=CCC=CCC=CCC=CCCCC(O)NCCNC(=O)CCC(C)C1CCC2C3C(O)C(CC)C4CC(O)CCC4(C)C3CCC12C. The highest BCUT2D eigenvalue weighted by atomic mass is 16.3. The molecule has 0 aromatic rings. The zero-order chi connectivity index (χ0) is 39.0. The van der Waals surface area contributed by atoms with Gasteiger partial charge in [-0.05, 0) is 155 Å². The van der Waals surface area contributed by atoms with E-state index in [2.05, 4.69) is 106 Å². The Balaban J connectivity index is 1.06. The molecule has 4 aliphatic carbocycles. The third-order valence-electron chi connectivity index (χ3n) is 14.8. The molecule has 0 radical (unpaired) electrons. The summed E-state index contributed by atoms with van der Waals surface area (Å²) < 4.78 is 0. The minimum atomic E-state index is -0.552. The van der Waals surface area contributed by atoms with Crippen molar-refractivity contribution in [3.63, 3.8) is 0 Å². The van der Waals surface area contributed by atoms with Crippen LogP contribution in [0.3, 0.4) is 0 Å². The zero-order valence-electron chi connectivity index (χ0n) is 34.9. The molecule has 0 aromatic heterocycles. The van der Waals surface area contributed by atoms with Crippen LogP contribution in [0.2, 0.25) is 0 Å². The molecule has 0 saturated heterocycles. The highest BCUT2D eigenvalue weighted by Crippen LogP contribution is 2.69. The first-order valence-electron chi connectivity index (χ1n) is 22.4. The summed E-state index contributed by atoms with van der Waals surface area (Å²) >= 11 is 0. The number of aliphatic hydroxyl groups excluding tert-OH is 3. The molecule has 0 spiro atoms. The molecule has 306 valence electrons. The normalized spacial score (nSPS) is 35.3. The number of fused-ring (bicyclic) bond motifs is 5. The van der Waals surface area contributed by atoms with Gasteiger partial charge in [0.25, 0.3) is 0 Å². The van der Waals surface area contributed by atoms with Gasteiger partial charge in [0.1, 0.15) is 6.23 Å². The largest absolute Gasteiger partial charge is 0.393 e. The standard InChI is InChI=1S/C48H80N2O4/c1-6-8-9-10-11-12-13-14-15-16-17-18-19-20-21-22-23-24-43(52)49-33-34-50-44(53)28-25-36(3)39-26-27-40-45-41(30-32-47(39,40)4)48(5)31-29-37(51)35-42(48)38(7-2)46(45)54/h8-9,11-12,14-15,17-18,20-21,36-43,45-46,49,51-52,54H,6-7,10,13,16,19,22-35H2,1-5H3,(H,50,53). The fraction of sp³-hybridized carbons (Fsp3) is 0.771. The lowest BCUT2D eigenvalue weighted by atomic mass is 9.41. The van der Waals surface area contributed by atoms with E-state index in [1.807, 2.05) is 0 Å². The Morgan fingerprint density at radius 3 is 2.02 bits per heavy atom. The number of hydrogen-bond donors (Lipinski definition) is 5. The van der Waals surface area contributed by atoms with Crippen LogP contribution in [-0.2, 0) is 4.79 Å². The van der Waals surface area contributed by atoms with Crippen LogP contribution in [0.25, 0.3) is 0 Å². The molecule has 0 heterocycles. The van der Waals surface area contributed by atoms with E-state index in [1.165, 1.54) is 25.7 Å². The summed E-state index contributed by atoms with van der Waals surface area (Å²) in [5.41, 5.74) is 0.455. The fourth-order valence-corrected chi connectivity index (χ4v) is 11.9. The first-order chi connectivity index (χ1) is 26.1. The predicted molar refractivity (Wildman–Crippen MR) is 226 cm³/mol. The van der Waals surface area contributed by atoms with E-state index in [1.54, 1.807) is 0 Å². The third kappa shape index (κ3) is 12.0. The lowest BCUT2D eigenvalue weighted by Crippen LogP contribution is -2.62. The molecule has 12 unspecified atom stereocenters. The Morgan fingerprint density at radius 2 is 1.37 bits per heavy atom. The smallest absolute Gasteiger partial charge is 0.220 e. The van der Waals surface area contributed by atoms with Crippen LogP contribution in [0, 0.1) is 52.3 Å². The summed E-state index contributed by atoms with van der Waals surface area (Å²) in [4.78, 5) is 12.8. The van der Waals surface area contributed by atoms with E-state index in [9.17, 15) is 20.1 Å². The topological polar surface area (TPSA) is 102 Å². The zero-order valence-corrected chi connectivity index (χ0v) is 34.9. The van der Waals surface area contributed by atoms with Crippen molar-refractivity contribution in [1.29, 1.82) is 0 Å². The van der Waals surface area contributed by atoms with Crippen LogP contribution in [0.1, 0.15) is 150 Å². The van der Waals surface area contributed by atoms with Gasteiger partial charge in [-0.2, -0.15) is 0 Å². The number of hydrogen-bond acceptors (Lipinski definition) is 5. The average molecular weight is 749 g/mol. The predicted octanol–water partition coefficient (Wildman–Crippen LogP) is 9.98. The van der Waals surface area contributed by atoms with Crippen molar-refractivity contribution in [2.75, 3.05) is 13.1 Å². The average Bonchev–Trinajstić information content (AvgIpc) is 3.51. The molecule has 4 rings (SSSR count). The highest BCUT2D eigenvalue weighted by Gasteiger charge is 2.64. The summed E-state index contributed by atoms with van der Waals surface area (Å²) in [5.74, 6) is 3.37. The van der Waals surface area contributed by atoms with Crippen molar-refractivity contribution in [3.05, 3.63) is 60.8 Å². The Bertz CT molecular complexity index is 1260. The van der Waals surface area contributed by atoms with Crippen molar-refractivity contribution < 1.29 is 20.1 Å². The molecule has 4 aliphatic rings. The molecule has 4 fully saturated rings. The van der Waals surface area contributed by atoms with Gasteiger partial charge < -0.3 is 20.6 Å². The van der Waals surface area contributed by atoms with Gasteiger partial charge in [0.2, 0.25) is 5.91 Å². The second-order valence-electron chi connectivity index (χ2n) is 18.1. The van der Waals surface area contributed by atoms with Gasteiger partial charge in [-0.3, -0.25) is 10.1 Å². The summed E-state index contributed by atoms with van der Waals surface area (Å²) in [6.07, 6.45) is 38.8. The third-order valence-corrected chi connectivity index (χ3v) is 14.8. The number of carbonyl (C=O) groups is 1. The maximum absolute atomic E-state index is 12.8. The molecule has 4 saturated carbocycles. The lowest BCUT2D eigenvalue weighted by molar-refractivity contribution is -0.203. The number of allylic oxidation sites excluding steroid dienone is 10. The number of carbonyl (C=O) groups excluding carboxylic acids is 1. The van der Waals surface area contributed by atoms with Crippen LogP contribution in [0.5, 0.6) is 0 Å². The van der Waals surface area contributed by atoms with Crippen LogP contribution in [-0.4, -0.2) is 52.8 Å². The number of unbranched alkanes of at least 4 members (excludes halogenated alkanes) is 1. The maximum atomic E-state index is 12.8. The second-order valence-corrected chi connectivity index (χ2v) is 18.1. The fourth-order valence-electron chi connectivity index (χ4n) is 11.9. The van der Waals surface area contributed by atoms with Gasteiger partial charge in [-0.1, -0.05) is 102 Å². The summed E-state index contributed by atoms with van der Waals surface area (Å²) in [7, 11) is 0. The minimum absolute atomic E-state index is 0.104. The van der Waals surface area contributed by atoms with E-state index < -0.39 is 6.23 Å². The van der Waals surface area contributed by atoms with Gasteiger partial charge in [0, 0.05) is 19.5 Å². The molecular formula is C48H80N2O4. The van der Waals surface area contributed by atoms with Crippen molar-refractivity contribution in [2.24, 2.45) is 52.3 Å². The summed E-state index contributed by atoms with van der Waals surface area (Å²) in [5, 5.41) is 39.2. The molecule has 6 heteroatoms. The van der Waals surface area contributed by atoms with Crippen LogP contribution < -0.4 is 10.6 Å². The first kappa shape index (κ1) is 44.7. The summed E-state index contributed by atoms with van der Waals surface area (Å²) in [6, 6.07) is 0. The molecular weight excluding hydrogens is 669 g/mol. The second kappa shape index (κ2) is 22.7. The Hall–Kier alpha value is -1.99. The number of nitrogens with one attached hydrogen (secondary N) is 2. The molecule has 5 N–H and O–H groups in total. The molecule has 1 amide bonds. The molecule has 0 bridgehead atoms. The number of amides is 1. The van der Waals surface area contributed by atoms with E-state index in [4.69, 9.17) is 0 Å². The van der Waals surface area contributed by atoms with Crippen LogP contribution >= 0.6 is 0 Å². The lowest BCUT2D eigenvalue weighted by Gasteiger charge is -2.64. The van der Waals surface area contributed by atoms with Crippen LogP contribution in [0.15, 0.2) is 60.8 Å².